The molecule has 0 aliphatic carbocycles. The third-order valence-corrected chi connectivity index (χ3v) is 4.96. The quantitative estimate of drug-likeness (QED) is 0.405. The number of hydrogen-bond donors (Lipinski definition) is 0. The van der Waals surface area contributed by atoms with Crippen LogP contribution in [-0.2, 0) is 0 Å². The molecule has 4 nitrogen and oxygen atoms in total. The van der Waals surface area contributed by atoms with Crippen molar-refractivity contribution in [3.63, 3.8) is 0 Å². The number of methoxy groups -OCH3 is 2. The van der Waals surface area contributed by atoms with Gasteiger partial charge < -0.3 is 9.47 Å². The lowest BCUT2D eigenvalue weighted by Crippen LogP contribution is -2.01. The van der Waals surface area contributed by atoms with Gasteiger partial charge in [-0.25, -0.2) is 9.07 Å². The number of benzene rings is 3. The van der Waals surface area contributed by atoms with Crippen LogP contribution in [0.25, 0.3) is 28.2 Å². The molecule has 0 spiro atoms. The van der Waals surface area contributed by atoms with Crippen molar-refractivity contribution >= 4 is 11.6 Å². The molecule has 29 heavy (non-hydrogen) atoms. The largest absolute Gasteiger partial charge is 0.496 e. The van der Waals surface area contributed by atoms with Gasteiger partial charge in [-0.1, -0.05) is 41.9 Å². The first kappa shape index (κ1) is 19.0. The number of para-hydroxylation sites is 2. The third kappa shape index (κ3) is 3.45. The Labute approximate surface area is 173 Å². The first-order chi connectivity index (χ1) is 14.1. The number of aromatic nitrogens is 2. The molecule has 0 aliphatic rings. The highest BCUT2D eigenvalue weighted by atomic mass is 35.5. The van der Waals surface area contributed by atoms with Gasteiger partial charge in [-0.05, 0) is 42.5 Å². The van der Waals surface area contributed by atoms with E-state index in [-0.39, 0.29) is 5.82 Å². The average Bonchev–Trinajstić information content (AvgIpc) is 3.10. The Morgan fingerprint density at radius 1 is 0.828 bits per heavy atom. The Hall–Kier alpha value is -3.31. The van der Waals surface area contributed by atoms with Crippen LogP contribution in [-0.4, -0.2) is 24.0 Å². The van der Waals surface area contributed by atoms with Crippen molar-refractivity contribution < 1.29 is 13.9 Å². The van der Waals surface area contributed by atoms with Gasteiger partial charge >= 0.3 is 0 Å². The van der Waals surface area contributed by atoms with E-state index in [9.17, 15) is 4.39 Å². The van der Waals surface area contributed by atoms with E-state index in [2.05, 4.69) is 0 Å². The van der Waals surface area contributed by atoms with Crippen molar-refractivity contribution in [3.8, 4) is 39.7 Å². The molecule has 3 aromatic carbocycles. The molecule has 0 fully saturated rings. The fourth-order valence-corrected chi connectivity index (χ4v) is 3.60. The van der Waals surface area contributed by atoms with Crippen LogP contribution in [0.2, 0.25) is 5.02 Å². The van der Waals surface area contributed by atoms with Gasteiger partial charge in [0.2, 0.25) is 0 Å². The summed E-state index contributed by atoms with van der Waals surface area (Å²) in [5.74, 6) is 0.919. The molecule has 4 rings (SSSR count). The first-order valence-electron chi connectivity index (χ1n) is 8.95. The maximum Gasteiger partial charge on any atom is 0.128 e. The van der Waals surface area contributed by atoms with E-state index < -0.39 is 0 Å². The van der Waals surface area contributed by atoms with E-state index in [0.717, 1.165) is 11.1 Å². The zero-order chi connectivity index (χ0) is 20.4. The minimum atomic E-state index is -0.362. The smallest absolute Gasteiger partial charge is 0.128 e. The predicted molar refractivity (Wildman–Crippen MR) is 113 cm³/mol. The Morgan fingerprint density at radius 2 is 1.45 bits per heavy atom. The summed E-state index contributed by atoms with van der Waals surface area (Å²) >= 11 is 6.86. The van der Waals surface area contributed by atoms with Crippen LogP contribution in [0.1, 0.15) is 0 Å². The third-order valence-electron chi connectivity index (χ3n) is 4.60. The van der Waals surface area contributed by atoms with Crippen LogP contribution in [0.15, 0.2) is 72.8 Å². The molecule has 0 aliphatic heterocycles. The first-order valence-corrected chi connectivity index (χ1v) is 9.33. The van der Waals surface area contributed by atoms with Crippen molar-refractivity contribution in [1.82, 2.24) is 9.78 Å². The highest BCUT2D eigenvalue weighted by Crippen LogP contribution is 2.43. The molecule has 0 amide bonds. The second-order valence-corrected chi connectivity index (χ2v) is 6.68. The summed E-state index contributed by atoms with van der Waals surface area (Å²) in [4.78, 5) is 0. The number of rotatable bonds is 5. The molecular formula is C23H18ClFN2O2. The molecule has 4 aromatic rings. The van der Waals surface area contributed by atoms with Crippen LogP contribution < -0.4 is 9.47 Å². The van der Waals surface area contributed by atoms with E-state index in [0.29, 0.717) is 33.6 Å². The summed E-state index contributed by atoms with van der Waals surface area (Å²) in [7, 11) is 3.19. The lowest BCUT2D eigenvalue weighted by molar-refractivity contribution is 0.416. The van der Waals surface area contributed by atoms with Crippen molar-refractivity contribution in [1.29, 1.82) is 0 Å². The Bertz CT molecular complexity index is 1170. The minimum absolute atomic E-state index is 0.362. The van der Waals surface area contributed by atoms with Crippen LogP contribution in [0.5, 0.6) is 11.5 Å². The molecule has 0 saturated carbocycles. The molecule has 146 valence electrons. The summed E-state index contributed by atoms with van der Waals surface area (Å²) in [5, 5.41) is 5.15. The number of halogens is 2. The fourth-order valence-electron chi connectivity index (χ4n) is 3.28. The molecule has 6 heteroatoms. The van der Waals surface area contributed by atoms with E-state index >= 15 is 0 Å². The van der Waals surface area contributed by atoms with Gasteiger partial charge in [-0.15, -0.1) is 0 Å². The lowest BCUT2D eigenvalue weighted by atomic mass is 10.1. The summed E-state index contributed by atoms with van der Waals surface area (Å²) in [6.45, 7) is 0. The van der Waals surface area contributed by atoms with Crippen molar-refractivity contribution in [3.05, 3.63) is 83.6 Å². The predicted octanol–water partition coefficient (Wildman–Crippen LogP) is 6.02. The summed E-state index contributed by atoms with van der Waals surface area (Å²) in [5.41, 5.74) is 3.18. The van der Waals surface area contributed by atoms with Crippen LogP contribution in [0, 0.1) is 5.82 Å². The monoisotopic (exact) mass is 408 g/mol. The highest BCUT2D eigenvalue weighted by Gasteiger charge is 2.24. The lowest BCUT2D eigenvalue weighted by Gasteiger charge is -2.11. The molecule has 0 atom stereocenters. The summed E-state index contributed by atoms with van der Waals surface area (Å²) < 4.78 is 26.6. The fraction of sp³-hybridized carbons (Fsp3) is 0.0870. The van der Waals surface area contributed by atoms with E-state index in [1.807, 2.05) is 48.5 Å². The molecule has 1 heterocycles. The van der Waals surface area contributed by atoms with Gasteiger partial charge in [0.15, 0.2) is 0 Å². The van der Waals surface area contributed by atoms with E-state index in [4.69, 9.17) is 26.2 Å². The highest BCUT2D eigenvalue weighted by molar-refractivity contribution is 6.36. The Kier molecular flexibility index (Phi) is 5.23. The zero-order valence-corrected chi connectivity index (χ0v) is 16.7. The summed E-state index contributed by atoms with van der Waals surface area (Å²) in [6.07, 6.45) is 0. The molecule has 0 unspecified atom stereocenters. The maximum absolute atomic E-state index is 14.0. The average molecular weight is 409 g/mol. The Balaban J connectivity index is 2.04. The molecule has 0 saturated heterocycles. The van der Waals surface area contributed by atoms with E-state index in [1.165, 1.54) is 12.1 Å². The van der Waals surface area contributed by atoms with Crippen molar-refractivity contribution in [2.75, 3.05) is 14.2 Å². The SMILES string of the molecule is COc1ccccc1-c1nn(-c2cccc(F)c2)c(-c2ccccc2OC)c1Cl. The second kappa shape index (κ2) is 7.97. The van der Waals surface area contributed by atoms with Crippen molar-refractivity contribution in [2.24, 2.45) is 0 Å². The number of hydrogen-bond acceptors (Lipinski definition) is 3. The van der Waals surface area contributed by atoms with Gasteiger partial charge in [0.05, 0.1) is 30.6 Å². The van der Waals surface area contributed by atoms with Crippen LogP contribution in [0.4, 0.5) is 4.39 Å². The molecule has 0 radical (unpaired) electrons. The number of nitrogens with zero attached hydrogens (tertiary/aromatic N) is 2. The second-order valence-electron chi connectivity index (χ2n) is 6.30. The number of ether oxygens (including phenoxy) is 2. The minimum Gasteiger partial charge on any atom is -0.496 e. The van der Waals surface area contributed by atoms with Gasteiger partial charge in [0.25, 0.3) is 0 Å². The van der Waals surface area contributed by atoms with Crippen molar-refractivity contribution in [2.45, 2.75) is 0 Å². The van der Waals surface area contributed by atoms with Gasteiger partial charge in [0.1, 0.15) is 23.0 Å². The summed E-state index contributed by atoms with van der Waals surface area (Å²) in [6, 6.07) is 21.2. The molecule has 1 aromatic heterocycles. The van der Waals surface area contributed by atoms with Gasteiger partial charge in [-0.3, -0.25) is 0 Å². The standard InChI is InChI=1S/C23H18ClFN2O2/c1-28-19-12-5-3-10-17(19)22-21(24)23(18-11-4-6-13-20(18)29-2)27(26-22)16-9-7-8-15(25)14-16/h3-14H,1-2H3. The maximum atomic E-state index is 14.0. The van der Waals surface area contributed by atoms with Crippen LogP contribution >= 0.6 is 11.6 Å². The van der Waals surface area contributed by atoms with Crippen LogP contribution in [0.3, 0.4) is 0 Å². The van der Waals surface area contributed by atoms with E-state index in [1.54, 1.807) is 31.0 Å². The van der Waals surface area contributed by atoms with Gasteiger partial charge in [0, 0.05) is 11.1 Å². The molecule has 0 bridgehead atoms. The molecule has 0 N–H and O–H groups in total. The topological polar surface area (TPSA) is 36.3 Å². The normalized spacial score (nSPS) is 10.8. The Morgan fingerprint density at radius 3 is 2.10 bits per heavy atom. The molecular weight excluding hydrogens is 391 g/mol. The zero-order valence-electron chi connectivity index (χ0n) is 15.9. The van der Waals surface area contributed by atoms with Gasteiger partial charge in [-0.2, -0.15) is 5.10 Å².